The van der Waals surface area contributed by atoms with Gasteiger partial charge in [0.1, 0.15) is 5.75 Å². The average molecular weight is 309 g/mol. The van der Waals surface area contributed by atoms with Crippen molar-refractivity contribution in [3.63, 3.8) is 0 Å². The number of hydrogen-bond acceptors (Lipinski definition) is 4. The second-order valence-electron chi connectivity index (χ2n) is 5.02. The second kappa shape index (κ2) is 8.57. The van der Waals surface area contributed by atoms with Gasteiger partial charge in [-0.2, -0.15) is 5.26 Å². The van der Waals surface area contributed by atoms with E-state index in [1.807, 2.05) is 30.3 Å². The number of benzene rings is 2. The molecule has 0 fully saturated rings. The van der Waals surface area contributed by atoms with Gasteiger partial charge in [-0.25, -0.2) is 0 Å². The van der Waals surface area contributed by atoms with Gasteiger partial charge in [-0.15, -0.1) is 0 Å². The molecule has 0 saturated carbocycles. The van der Waals surface area contributed by atoms with E-state index in [0.717, 1.165) is 17.7 Å². The van der Waals surface area contributed by atoms with E-state index in [2.05, 4.69) is 10.6 Å². The van der Waals surface area contributed by atoms with Crippen LogP contribution >= 0.6 is 0 Å². The summed E-state index contributed by atoms with van der Waals surface area (Å²) in [7, 11) is 1.64. The predicted molar refractivity (Wildman–Crippen MR) is 89.4 cm³/mol. The van der Waals surface area contributed by atoms with Crippen molar-refractivity contribution in [2.75, 3.05) is 25.5 Å². The molecule has 0 bridgehead atoms. The fourth-order valence-electron chi connectivity index (χ4n) is 2.10. The maximum Gasteiger partial charge on any atom is 0.238 e. The van der Waals surface area contributed by atoms with Crippen LogP contribution in [-0.4, -0.2) is 26.1 Å². The number of rotatable bonds is 7. The third-order valence-electron chi connectivity index (χ3n) is 3.31. The summed E-state index contributed by atoms with van der Waals surface area (Å²) in [6.45, 7) is 0.942. The highest BCUT2D eigenvalue weighted by Gasteiger charge is 2.02. The van der Waals surface area contributed by atoms with Crippen LogP contribution in [0.4, 0.5) is 5.69 Å². The van der Waals surface area contributed by atoms with Gasteiger partial charge in [0.25, 0.3) is 0 Å². The van der Waals surface area contributed by atoms with Crippen molar-refractivity contribution in [2.45, 2.75) is 6.42 Å². The molecular formula is C18H19N3O2. The summed E-state index contributed by atoms with van der Waals surface area (Å²) in [6.07, 6.45) is 0.821. The maximum atomic E-state index is 11.8. The number of carbonyl (C=O) groups is 1. The second-order valence-corrected chi connectivity index (χ2v) is 5.02. The molecule has 0 saturated heterocycles. The van der Waals surface area contributed by atoms with Crippen LogP contribution in [0, 0.1) is 11.3 Å². The molecule has 118 valence electrons. The van der Waals surface area contributed by atoms with Gasteiger partial charge in [0.15, 0.2) is 0 Å². The monoisotopic (exact) mass is 309 g/mol. The van der Waals surface area contributed by atoms with Crippen molar-refractivity contribution in [3.05, 3.63) is 59.7 Å². The van der Waals surface area contributed by atoms with Crippen LogP contribution in [0.15, 0.2) is 48.5 Å². The van der Waals surface area contributed by atoms with Crippen molar-refractivity contribution < 1.29 is 9.53 Å². The fourth-order valence-corrected chi connectivity index (χ4v) is 2.10. The van der Waals surface area contributed by atoms with E-state index in [4.69, 9.17) is 10.00 Å². The Morgan fingerprint density at radius 2 is 2.00 bits per heavy atom. The lowest BCUT2D eigenvalue weighted by atomic mass is 10.1. The van der Waals surface area contributed by atoms with Crippen LogP contribution in [0.3, 0.4) is 0 Å². The smallest absolute Gasteiger partial charge is 0.238 e. The summed E-state index contributed by atoms with van der Waals surface area (Å²) in [5, 5.41) is 14.6. The van der Waals surface area contributed by atoms with Crippen LogP contribution < -0.4 is 15.4 Å². The number of nitrogens with one attached hydrogen (secondary N) is 2. The third kappa shape index (κ3) is 5.46. The lowest BCUT2D eigenvalue weighted by molar-refractivity contribution is -0.115. The summed E-state index contributed by atoms with van der Waals surface area (Å²) >= 11 is 0. The van der Waals surface area contributed by atoms with Crippen LogP contribution in [0.1, 0.15) is 11.1 Å². The molecule has 0 radical (unpaired) electrons. The van der Waals surface area contributed by atoms with Crippen LogP contribution in [-0.2, 0) is 11.2 Å². The number of nitriles is 1. The standard InChI is InChI=1S/C18H19N3O2/c1-23-17-4-2-3-14(11-17)9-10-20-13-18(22)21-16-7-5-15(12-19)6-8-16/h2-8,11,20H,9-10,13H2,1H3,(H,21,22). The minimum absolute atomic E-state index is 0.111. The van der Waals surface area contributed by atoms with Gasteiger partial charge in [0.05, 0.1) is 25.3 Å². The van der Waals surface area contributed by atoms with Crippen molar-refractivity contribution >= 4 is 11.6 Å². The third-order valence-corrected chi connectivity index (χ3v) is 3.31. The van der Waals surface area contributed by atoms with Gasteiger partial charge in [-0.1, -0.05) is 12.1 Å². The molecule has 5 heteroatoms. The summed E-state index contributed by atoms with van der Waals surface area (Å²) in [5.41, 5.74) is 2.41. The minimum Gasteiger partial charge on any atom is -0.497 e. The largest absolute Gasteiger partial charge is 0.497 e. The number of methoxy groups -OCH3 is 1. The lowest BCUT2D eigenvalue weighted by Crippen LogP contribution is -2.29. The zero-order valence-corrected chi connectivity index (χ0v) is 13.0. The van der Waals surface area contributed by atoms with Crippen molar-refractivity contribution in [3.8, 4) is 11.8 Å². The Morgan fingerprint density at radius 1 is 1.22 bits per heavy atom. The highest BCUT2D eigenvalue weighted by Crippen LogP contribution is 2.12. The first-order valence-corrected chi connectivity index (χ1v) is 7.35. The highest BCUT2D eigenvalue weighted by atomic mass is 16.5. The Bertz CT molecular complexity index is 690. The van der Waals surface area contributed by atoms with E-state index in [0.29, 0.717) is 17.8 Å². The van der Waals surface area contributed by atoms with E-state index >= 15 is 0 Å². The zero-order valence-electron chi connectivity index (χ0n) is 13.0. The molecule has 0 heterocycles. The molecule has 0 aliphatic rings. The molecule has 2 rings (SSSR count). The van der Waals surface area contributed by atoms with E-state index < -0.39 is 0 Å². The molecule has 0 spiro atoms. The Hall–Kier alpha value is -2.84. The number of hydrogen-bond donors (Lipinski definition) is 2. The van der Waals surface area contributed by atoms with Crippen molar-refractivity contribution in [1.29, 1.82) is 5.26 Å². The summed E-state index contributed by atoms with van der Waals surface area (Å²) in [6, 6.07) is 16.7. The normalized spacial score (nSPS) is 9.91. The first-order chi connectivity index (χ1) is 11.2. The molecular weight excluding hydrogens is 290 g/mol. The predicted octanol–water partition coefficient (Wildman–Crippen LogP) is 2.34. The van der Waals surface area contributed by atoms with E-state index in [1.54, 1.807) is 31.4 Å². The van der Waals surface area contributed by atoms with Crippen molar-refractivity contribution in [1.82, 2.24) is 5.32 Å². The first kappa shape index (κ1) is 16.5. The molecule has 23 heavy (non-hydrogen) atoms. The molecule has 2 N–H and O–H groups in total. The van der Waals surface area contributed by atoms with Crippen LogP contribution in [0.2, 0.25) is 0 Å². The van der Waals surface area contributed by atoms with Crippen LogP contribution in [0.25, 0.3) is 0 Å². The topological polar surface area (TPSA) is 74.2 Å². The molecule has 2 aromatic carbocycles. The lowest BCUT2D eigenvalue weighted by Gasteiger charge is -2.08. The first-order valence-electron chi connectivity index (χ1n) is 7.35. The fraction of sp³-hybridized carbons (Fsp3) is 0.222. The molecule has 0 atom stereocenters. The van der Waals surface area contributed by atoms with Gasteiger partial charge >= 0.3 is 0 Å². The number of anilines is 1. The molecule has 2 aromatic rings. The number of amides is 1. The van der Waals surface area contributed by atoms with Gasteiger partial charge < -0.3 is 15.4 Å². The van der Waals surface area contributed by atoms with Gasteiger partial charge in [-0.3, -0.25) is 4.79 Å². The van der Waals surface area contributed by atoms with E-state index in [9.17, 15) is 4.79 Å². The Labute approximate surface area is 135 Å². The molecule has 0 aliphatic carbocycles. The number of ether oxygens (including phenoxy) is 1. The quantitative estimate of drug-likeness (QED) is 0.770. The number of carbonyl (C=O) groups excluding carboxylic acids is 1. The summed E-state index contributed by atoms with van der Waals surface area (Å²) in [4.78, 5) is 11.8. The average Bonchev–Trinajstić information content (AvgIpc) is 2.59. The summed E-state index contributed by atoms with van der Waals surface area (Å²) < 4.78 is 5.18. The van der Waals surface area contributed by atoms with Gasteiger partial charge in [0, 0.05) is 5.69 Å². The highest BCUT2D eigenvalue weighted by molar-refractivity contribution is 5.92. The van der Waals surface area contributed by atoms with Gasteiger partial charge in [0.2, 0.25) is 5.91 Å². The zero-order chi connectivity index (χ0) is 16.5. The SMILES string of the molecule is COc1cccc(CCNCC(=O)Nc2ccc(C#N)cc2)c1. The molecule has 0 aromatic heterocycles. The summed E-state index contributed by atoms with van der Waals surface area (Å²) in [5.74, 6) is 0.724. The Kier molecular flexibility index (Phi) is 6.16. The Balaban J connectivity index is 1.71. The van der Waals surface area contributed by atoms with Crippen LogP contribution in [0.5, 0.6) is 5.75 Å². The van der Waals surface area contributed by atoms with E-state index in [-0.39, 0.29) is 12.5 Å². The molecule has 0 unspecified atom stereocenters. The Morgan fingerprint density at radius 3 is 2.70 bits per heavy atom. The molecule has 1 amide bonds. The number of nitrogens with zero attached hydrogens (tertiary/aromatic N) is 1. The molecule has 0 aliphatic heterocycles. The van der Waals surface area contributed by atoms with Crippen molar-refractivity contribution in [2.24, 2.45) is 0 Å². The molecule has 5 nitrogen and oxygen atoms in total. The minimum atomic E-state index is -0.111. The van der Waals surface area contributed by atoms with E-state index in [1.165, 1.54) is 0 Å². The maximum absolute atomic E-state index is 11.8. The van der Waals surface area contributed by atoms with Gasteiger partial charge in [-0.05, 0) is 54.9 Å².